The molecule has 0 aliphatic heterocycles. The molecule has 6 nitrogen and oxygen atoms in total. The van der Waals surface area contributed by atoms with Crippen molar-refractivity contribution in [3.05, 3.63) is 29.8 Å². The number of thioether (sulfide) groups is 1. The van der Waals surface area contributed by atoms with Crippen molar-refractivity contribution in [2.45, 2.75) is 43.4 Å². The fourth-order valence-electron chi connectivity index (χ4n) is 3.24. The van der Waals surface area contributed by atoms with Gasteiger partial charge in [-0.1, -0.05) is 18.6 Å². The maximum Gasteiger partial charge on any atom is 0.243 e. The molecule has 2 unspecified atom stereocenters. The number of carbonyl (C=O) groups excluding carboxylic acids is 1. The zero-order valence-corrected chi connectivity index (χ0v) is 18.3. The summed E-state index contributed by atoms with van der Waals surface area (Å²) in [5.74, 6) is 1.60. The number of hydrogen-bond donors (Lipinski definition) is 2. The molecule has 0 radical (unpaired) electrons. The number of hydrogen-bond acceptors (Lipinski definition) is 4. The molecule has 0 bridgehead atoms. The summed E-state index contributed by atoms with van der Waals surface area (Å²) in [7, 11) is 5.19. The summed E-state index contributed by atoms with van der Waals surface area (Å²) in [6, 6.07) is 8.51. The van der Waals surface area contributed by atoms with Gasteiger partial charge in [0.15, 0.2) is 5.96 Å². The lowest BCUT2D eigenvalue weighted by Gasteiger charge is -2.30. The molecule has 2 atom stereocenters. The molecule has 2 rings (SSSR count). The SMILES string of the molecule is COc1ccc(CCNC(=NCC(=O)N(C)C)NC2CCCC(SC)C2)cc1. The predicted molar refractivity (Wildman–Crippen MR) is 118 cm³/mol. The number of ether oxygens (including phenoxy) is 1. The number of nitrogens with one attached hydrogen (secondary N) is 2. The van der Waals surface area contributed by atoms with Gasteiger partial charge in [-0.25, -0.2) is 4.99 Å². The second-order valence-electron chi connectivity index (χ2n) is 7.34. The number of carbonyl (C=O) groups is 1. The van der Waals surface area contributed by atoms with Gasteiger partial charge in [0.05, 0.1) is 7.11 Å². The molecule has 1 saturated carbocycles. The fraction of sp³-hybridized carbons (Fsp3) is 0.619. The minimum Gasteiger partial charge on any atom is -0.497 e. The normalized spacial score (nSPS) is 19.8. The van der Waals surface area contributed by atoms with Crippen LogP contribution in [0.25, 0.3) is 0 Å². The van der Waals surface area contributed by atoms with Gasteiger partial charge >= 0.3 is 0 Å². The molecule has 0 heterocycles. The molecule has 1 amide bonds. The van der Waals surface area contributed by atoms with Gasteiger partial charge in [0, 0.05) is 31.9 Å². The van der Waals surface area contributed by atoms with Gasteiger partial charge in [-0.3, -0.25) is 4.79 Å². The number of methoxy groups -OCH3 is 1. The maximum atomic E-state index is 11.9. The monoisotopic (exact) mass is 406 g/mol. The van der Waals surface area contributed by atoms with E-state index in [1.807, 2.05) is 23.9 Å². The average molecular weight is 407 g/mol. The third-order valence-electron chi connectivity index (χ3n) is 5.04. The Hall–Kier alpha value is -1.89. The van der Waals surface area contributed by atoms with E-state index in [0.29, 0.717) is 11.3 Å². The summed E-state index contributed by atoms with van der Waals surface area (Å²) in [4.78, 5) is 18.0. The lowest BCUT2D eigenvalue weighted by Crippen LogP contribution is -2.46. The number of rotatable bonds is 8. The van der Waals surface area contributed by atoms with Crippen molar-refractivity contribution in [1.82, 2.24) is 15.5 Å². The van der Waals surface area contributed by atoms with Crippen molar-refractivity contribution < 1.29 is 9.53 Å². The van der Waals surface area contributed by atoms with Gasteiger partial charge in [-0.05, 0) is 49.6 Å². The summed E-state index contributed by atoms with van der Waals surface area (Å²) in [6.45, 7) is 0.913. The Balaban J connectivity index is 1.92. The second-order valence-corrected chi connectivity index (χ2v) is 8.48. The molecule has 0 aromatic heterocycles. The van der Waals surface area contributed by atoms with E-state index in [1.165, 1.54) is 18.4 Å². The summed E-state index contributed by atoms with van der Waals surface area (Å²) in [5.41, 5.74) is 1.23. The summed E-state index contributed by atoms with van der Waals surface area (Å²) in [6.07, 6.45) is 7.88. The lowest BCUT2D eigenvalue weighted by molar-refractivity contribution is -0.127. The Labute approximate surface area is 173 Å². The Morgan fingerprint density at radius 3 is 2.68 bits per heavy atom. The third-order valence-corrected chi connectivity index (χ3v) is 6.13. The first-order chi connectivity index (χ1) is 13.5. The number of likely N-dealkylation sites (N-methyl/N-ethyl adjacent to an activating group) is 1. The van der Waals surface area contributed by atoms with E-state index in [4.69, 9.17) is 4.74 Å². The van der Waals surface area contributed by atoms with Crippen LogP contribution in [0.1, 0.15) is 31.2 Å². The van der Waals surface area contributed by atoms with Crippen molar-refractivity contribution in [3.63, 3.8) is 0 Å². The Morgan fingerprint density at radius 2 is 2.04 bits per heavy atom. The number of nitrogens with zero attached hydrogens (tertiary/aromatic N) is 2. The smallest absolute Gasteiger partial charge is 0.243 e. The van der Waals surface area contributed by atoms with Crippen molar-refractivity contribution in [2.75, 3.05) is 40.6 Å². The Morgan fingerprint density at radius 1 is 1.29 bits per heavy atom. The zero-order valence-electron chi connectivity index (χ0n) is 17.5. The molecule has 0 spiro atoms. The van der Waals surface area contributed by atoms with Crippen molar-refractivity contribution in [3.8, 4) is 5.75 Å². The van der Waals surface area contributed by atoms with Gasteiger partial charge in [0.25, 0.3) is 0 Å². The molecule has 2 N–H and O–H groups in total. The fourth-order valence-corrected chi connectivity index (χ4v) is 4.07. The first-order valence-electron chi connectivity index (χ1n) is 9.92. The molecule has 1 fully saturated rings. The van der Waals surface area contributed by atoms with Gasteiger partial charge < -0.3 is 20.3 Å². The van der Waals surface area contributed by atoms with Crippen LogP contribution in [0.5, 0.6) is 5.75 Å². The van der Waals surface area contributed by atoms with E-state index in [0.717, 1.165) is 37.5 Å². The first kappa shape index (κ1) is 22.4. The molecular formula is C21H34N4O2S. The number of guanidine groups is 1. The summed E-state index contributed by atoms with van der Waals surface area (Å²) < 4.78 is 5.21. The standard InChI is InChI=1S/C21H34N4O2S/c1-25(2)20(26)15-23-21(24-17-6-5-7-19(14-17)28-4)22-13-12-16-8-10-18(27-3)11-9-16/h8-11,17,19H,5-7,12-15H2,1-4H3,(H2,22,23,24). The van der Waals surface area contributed by atoms with Gasteiger partial charge in [-0.15, -0.1) is 0 Å². The number of amides is 1. The quantitative estimate of drug-likeness (QED) is 0.513. The summed E-state index contributed by atoms with van der Waals surface area (Å²) in [5, 5.41) is 7.66. The predicted octanol–water partition coefficient (Wildman–Crippen LogP) is 2.54. The van der Waals surface area contributed by atoms with Crippen molar-refractivity contribution in [2.24, 2.45) is 4.99 Å². The van der Waals surface area contributed by atoms with Crippen LogP contribution in [0.3, 0.4) is 0 Å². The van der Waals surface area contributed by atoms with E-state index >= 15 is 0 Å². The highest BCUT2D eigenvalue weighted by Gasteiger charge is 2.22. The van der Waals surface area contributed by atoms with Crippen LogP contribution in [0.2, 0.25) is 0 Å². The highest BCUT2D eigenvalue weighted by molar-refractivity contribution is 7.99. The molecule has 1 aliphatic carbocycles. The molecule has 1 aromatic rings. The van der Waals surface area contributed by atoms with E-state index in [-0.39, 0.29) is 12.5 Å². The summed E-state index contributed by atoms with van der Waals surface area (Å²) >= 11 is 1.95. The van der Waals surface area contributed by atoms with E-state index in [1.54, 1.807) is 26.1 Å². The third kappa shape index (κ3) is 7.62. The molecule has 1 aliphatic rings. The van der Waals surface area contributed by atoms with E-state index in [9.17, 15) is 4.79 Å². The van der Waals surface area contributed by atoms with Crippen LogP contribution in [0.15, 0.2) is 29.3 Å². The highest BCUT2D eigenvalue weighted by Crippen LogP contribution is 2.26. The minimum atomic E-state index is 0.00175. The van der Waals surface area contributed by atoms with Gasteiger partial charge in [0.2, 0.25) is 5.91 Å². The molecule has 7 heteroatoms. The number of aliphatic imine (C=N–C) groups is 1. The highest BCUT2D eigenvalue weighted by atomic mass is 32.2. The molecule has 28 heavy (non-hydrogen) atoms. The van der Waals surface area contributed by atoms with Crippen LogP contribution in [0.4, 0.5) is 0 Å². The van der Waals surface area contributed by atoms with Gasteiger partial charge in [0.1, 0.15) is 12.3 Å². The van der Waals surface area contributed by atoms with Crippen LogP contribution in [-0.2, 0) is 11.2 Å². The Bertz CT molecular complexity index is 634. The molecule has 1 aromatic carbocycles. The molecular weight excluding hydrogens is 372 g/mol. The van der Waals surface area contributed by atoms with Crippen LogP contribution >= 0.6 is 11.8 Å². The van der Waals surface area contributed by atoms with Crippen molar-refractivity contribution in [1.29, 1.82) is 0 Å². The Kier molecular flexibility index (Phi) is 9.47. The van der Waals surface area contributed by atoms with Crippen LogP contribution in [-0.4, -0.2) is 68.6 Å². The molecule has 156 valence electrons. The zero-order chi connectivity index (χ0) is 20.4. The van der Waals surface area contributed by atoms with Crippen molar-refractivity contribution >= 4 is 23.6 Å². The van der Waals surface area contributed by atoms with Crippen LogP contribution in [0, 0.1) is 0 Å². The minimum absolute atomic E-state index is 0.00175. The van der Waals surface area contributed by atoms with E-state index in [2.05, 4.69) is 34.0 Å². The first-order valence-corrected chi connectivity index (χ1v) is 11.2. The average Bonchev–Trinajstić information content (AvgIpc) is 2.72. The largest absolute Gasteiger partial charge is 0.497 e. The van der Waals surface area contributed by atoms with Crippen LogP contribution < -0.4 is 15.4 Å². The maximum absolute atomic E-state index is 11.9. The van der Waals surface area contributed by atoms with Gasteiger partial charge in [-0.2, -0.15) is 11.8 Å². The second kappa shape index (κ2) is 11.8. The van der Waals surface area contributed by atoms with E-state index < -0.39 is 0 Å². The molecule has 0 saturated heterocycles. The topological polar surface area (TPSA) is 66.0 Å². The number of benzene rings is 1. The lowest BCUT2D eigenvalue weighted by atomic mass is 9.95.